The molecule has 0 aliphatic carbocycles. The lowest BCUT2D eigenvalue weighted by molar-refractivity contribution is -0.133. The van der Waals surface area contributed by atoms with Crippen LogP contribution in [0.3, 0.4) is 0 Å². The van der Waals surface area contributed by atoms with Crippen molar-refractivity contribution < 1.29 is 9.59 Å². The molecule has 0 saturated carbocycles. The van der Waals surface area contributed by atoms with Crippen molar-refractivity contribution in [2.75, 3.05) is 19.6 Å². The molecule has 2 aromatic rings. The summed E-state index contributed by atoms with van der Waals surface area (Å²) in [6.07, 6.45) is 1.74. The van der Waals surface area contributed by atoms with Crippen LogP contribution in [-0.4, -0.2) is 40.9 Å². The lowest BCUT2D eigenvalue weighted by atomic mass is 9.86. The molecule has 2 bridgehead atoms. The number of amides is 2. The number of likely N-dealkylation sites (tertiary alicyclic amines) is 1. The van der Waals surface area contributed by atoms with Crippen molar-refractivity contribution in [2.24, 2.45) is 5.92 Å². The Balaban J connectivity index is 1.42. The predicted molar refractivity (Wildman–Crippen MR) is 96.9 cm³/mol. The van der Waals surface area contributed by atoms with Gasteiger partial charge in [0.05, 0.1) is 12.6 Å². The van der Waals surface area contributed by atoms with E-state index in [4.69, 9.17) is 0 Å². The molecule has 0 spiro atoms. The van der Waals surface area contributed by atoms with E-state index >= 15 is 0 Å². The van der Waals surface area contributed by atoms with Gasteiger partial charge in [0.15, 0.2) is 0 Å². The SMILES string of the molecule is O=C(NCC(=O)N1C[C@H]2Cc3cccc(=O)n3[C@@H](C2)C1)c1ccccc1. The third-order valence-electron chi connectivity index (χ3n) is 5.24. The molecule has 2 aliphatic heterocycles. The summed E-state index contributed by atoms with van der Waals surface area (Å²) < 4.78 is 1.83. The maximum atomic E-state index is 12.6. The van der Waals surface area contributed by atoms with Gasteiger partial charge in [-0.05, 0) is 37.0 Å². The van der Waals surface area contributed by atoms with Gasteiger partial charge in [0, 0.05) is 30.4 Å². The number of aromatic nitrogens is 1. The molecular weight excluding hydrogens is 330 g/mol. The van der Waals surface area contributed by atoms with E-state index in [1.807, 2.05) is 16.7 Å². The zero-order valence-corrected chi connectivity index (χ0v) is 14.4. The summed E-state index contributed by atoms with van der Waals surface area (Å²) in [6.45, 7) is 1.18. The highest BCUT2D eigenvalue weighted by Crippen LogP contribution is 2.32. The highest BCUT2D eigenvalue weighted by atomic mass is 16.2. The second-order valence-electron chi connectivity index (χ2n) is 7.03. The maximum absolute atomic E-state index is 12.6. The fraction of sp³-hybridized carbons (Fsp3) is 0.350. The van der Waals surface area contributed by atoms with Crippen LogP contribution in [0.4, 0.5) is 0 Å². The standard InChI is InChI=1S/C20H21N3O3/c24-18-8-4-7-16-9-14-10-17(23(16)18)13-22(12-14)19(25)11-21-20(26)15-5-2-1-3-6-15/h1-8,14,17H,9-13H2,(H,21,26)/t14-,17-/m0/s1. The Morgan fingerprint density at radius 3 is 2.65 bits per heavy atom. The lowest BCUT2D eigenvalue weighted by Gasteiger charge is -2.43. The molecule has 1 N–H and O–H groups in total. The van der Waals surface area contributed by atoms with E-state index in [9.17, 15) is 14.4 Å². The summed E-state index contributed by atoms with van der Waals surface area (Å²) in [7, 11) is 0. The number of rotatable bonds is 3. The van der Waals surface area contributed by atoms with E-state index in [1.54, 1.807) is 41.3 Å². The molecule has 3 heterocycles. The van der Waals surface area contributed by atoms with Crippen molar-refractivity contribution in [3.63, 3.8) is 0 Å². The molecule has 6 heteroatoms. The van der Waals surface area contributed by atoms with E-state index in [0.29, 0.717) is 24.6 Å². The highest BCUT2D eigenvalue weighted by Gasteiger charge is 2.35. The first kappa shape index (κ1) is 16.6. The first-order chi connectivity index (χ1) is 12.6. The average molecular weight is 351 g/mol. The summed E-state index contributed by atoms with van der Waals surface area (Å²) >= 11 is 0. The second-order valence-corrected chi connectivity index (χ2v) is 7.03. The number of carbonyl (C=O) groups excluding carboxylic acids is 2. The quantitative estimate of drug-likeness (QED) is 0.904. The summed E-state index contributed by atoms with van der Waals surface area (Å²) in [6, 6.07) is 14.3. The minimum Gasteiger partial charge on any atom is -0.343 e. The van der Waals surface area contributed by atoms with Crippen LogP contribution in [0.1, 0.15) is 28.5 Å². The Labute approximate surface area is 151 Å². The number of pyridine rings is 1. The molecule has 2 amide bonds. The molecular formula is C20H21N3O3. The van der Waals surface area contributed by atoms with Crippen molar-refractivity contribution in [3.8, 4) is 0 Å². The van der Waals surface area contributed by atoms with Gasteiger partial charge in [-0.2, -0.15) is 0 Å². The zero-order valence-electron chi connectivity index (χ0n) is 14.4. The van der Waals surface area contributed by atoms with Gasteiger partial charge in [-0.3, -0.25) is 14.4 Å². The van der Waals surface area contributed by atoms with Crippen molar-refractivity contribution in [1.29, 1.82) is 0 Å². The second kappa shape index (κ2) is 6.78. The van der Waals surface area contributed by atoms with E-state index < -0.39 is 0 Å². The monoisotopic (exact) mass is 351 g/mol. The van der Waals surface area contributed by atoms with Crippen molar-refractivity contribution >= 4 is 11.8 Å². The van der Waals surface area contributed by atoms with E-state index in [2.05, 4.69) is 5.32 Å². The van der Waals surface area contributed by atoms with Crippen LogP contribution < -0.4 is 10.9 Å². The van der Waals surface area contributed by atoms with Gasteiger partial charge in [-0.25, -0.2) is 0 Å². The Morgan fingerprint density at radius 1 is 1.04 bits per heavy atom. The first-order valence-corrected chi connectivity index (χ1v) is 8.93. The molecule has 134 valence electrons. The van der Waals surface area contributed by atoms with Crippen LogP contribution in [-0.2, 0) is 11.2 Å². The third-order valence-corrected chi connectivity index (χ3v) is 5.24. The molecule has 0 radical (unpaired) electrons. The number of hydrogen-bond donors (Lipinski definition) is 1. The highest BCUT2D eigenvalue weighted by molar-refractivity contribution is 5.96. The molecule has 0 unspecified atom stereocenters. The van der Waals surface area contributed by atoms with Gasteiger partial charge in [-0.15, -0.1) is 0 Å². The van der Waals surface area contributed by atoms with Crippen LogP contribution in [0.25, 0.3) is 0 Å². The van der Waals surface area contributed by atoms with Gasteiger partial charge in [-0.1, -0.05) is 24.3 Å². The first-order valence-electron chi connectivity index (χ1n) is 8.93. The Morgan fingerprint density at radius 2 is 1.85 bits per heavy atom. The van der Waals surface area contributed by atoms with Gasteiger partial charge < -0.3 is 14.8 Å². The van der Waals surface area contributed by atoms with Crippen LogP contribution >= 0.6 is 0 Å². The lowest BCUT2D eigenvalue weighted by Crippen LogP contribution is -2.52. The number of benzene rings is 1. The van der Waals surface area contributed by atoms with Gasteiger partial charge in [0.25, 0.3) is 11.5 Å². The number of fused-ring (bicyclic) bond motifs is 4. The minimum atomic E-state index is -0.252. The van der Waals surface area contributed by atoms with Gasteiger partial charge in [0.2, 0.25) is 5.91 Å². The Hall–Kier alpha value is -2.89. The molecule has 1 aromatic heterocycles. The zero-order chi connectivity index (χ0) is 18.1. The fourth-order valence-corrected chi connectivity index (χ4v) is 4.09. The van der Waals surface area contributed by atoms with E-state index in [0.717, 1.165) is 18.5 Å². The van der Waals surface area contributed by atoms with Crippen molar-refractivity contribution in [3.05, 3.63) is 70.1 Å². The van der Waals surface area contributed by atoms with Crippen LogP contribution in [0.5, 0.6) is 0 Å². The van der Waals surface area contributed by atoms with Crippen LogP contribution in [0, 0.1) is 5.92 Å². The molecule has 1 fully saturated rings. The Bertz CT molecular complexity index is 891. The smallest absolute Gasteiger partial charge is 0.251 e. The third kappa shape index (κ3) is 3.14. The fourth-order valence-electron chi connectivity index (χ4n) is 4.09. The molecule has 2 atom stereocenters. The molecule has 4 rings (SSSR count). The summed E-state index contributed by atoms with van der Waals surface area (Å²) in [4.78, 5) is 38.7. The van der Waals surface area contributed by atoms with E-state index in [-0.39, 0.29) is 30.0 Å². The van der Waals surface area contributed by atoms with Crippen LogP contribution in [0.15, 0.2) is 53.3 Å². The molecule has 1 aromatic carbocycles. The summed E-state index contributed by atoms with van der Waals surface area (Å²) in [5.41, 5.74) is 1.59. The average Bonchev–Trinajstić information content (AvgIpc) is 2.66. The van der Waals surface area contributed by atoms with Crippen LogP contribution in [0.2, 0.25) is 0 Å². The topological polar surface area (TPSA) is 71.4 Å². The van der Waals surface area contributed by atoms with Gasteiger partial charge in [0.1, 0.15) is 0 Å². The number of carbonyl (C=O) groups is 2. The molecule has 6 nitrogen and oxygen atoms in total. The summed E-state index contributed by atoms with van der Waals surface area (Å²) in [5.74, 6) is 0.0125. The van der Waals surface area contributed by atoms with Crippen molar-refractivity contribution in [1.82, 2.24) is 14.8 Å². The largest absolute Gasteiger partial charge is 0.343 e. The van der Waals surface area contributed by atoms with Gasteiger partial charge >= 0.3 is 0 Å². The minimum absolute atomic E-state index is 0.00220. The van der Waals surface area contributed by atoms with Crippen molar-refractivity contribution in [2.45, 2.75) is 18.9 Å². The predicted octanol–water partition coefficient (Wildman–Crippen LogP) is 1.22. The number of nitrogens with one attached hydrogen (secondary N) is 1. The Kier molecular flexibility index (Phi) is 4.32. The molecule has 1 saturated heterocycles. The molecule has 26 heavy (non-hydrogen) atoms. The molecule has 2 aliphatic rings. The summed E-state index contributed by atoms with van der Waals surface area (Å²) in [5, 5.41) is 2.69. The van der Waals surface area contributed by atoms with E-state index in [1.165, 1.54) is 0 Å². The maximum Gasteiger partial charge on any atom is 0.251 e. The normalized spacial score (nSPS) is 21.0. The number of nitrogens with zero attached hydrogens (tertiary/aromatic N) is 2. The number of piperidine rings is 1. The number of hydrogen-bond acceptors (Lipinski definition) is 3.